The summed E-state index contributed by atoms with van der Waals surface area (Å²) in [7, 11) is 0. The SMILES string of the molecule is Cc1cc(F)c(C)c(C2(C(=O)O)C=C(c3ccccc3)CC2)c1. The smallest absolute Gasteiger partial charge is 0.318 e. The first-order chi connectivity index (χ1) is 10.9. The molecule has 0 amide bonds. The van der Waals surface area contributed by atoms with Crippen molar-refractivity contribution in [3.63, 3.8) is 0 Å². The molecule has 1 atom stereocenters. The summed E-state index contributed by atoms with van der Waals surface area (Å²) in [5.74, 6) is -1.27. The van der Waals surface area contributed by atoms with Crippen LogP contribution in [0.25, 0.3) is 5.57 Å². The van der Waals surface area contributed by atoms with Crippen molar-refractivity contribution in [2.75, 3.05) is 0 Å². The summed E-state index contributed by atoms with van der Waals surface area (Å²) in [6.07, 6.45) is 2.94. The van der Waals surface area contributed by atoms with E-state index in [1.807, 2.05) is 36.4 Å². The number of carboxylic acids is 1. The third-order valence-corrected chi connectivity index (χ3v) is 4.70. The van der Waals surface area contributed by atoms with Crippen LogP contribution < -0.4 is 0 Å². The van der Waals surface area contributed by atoms with Crippen molar-refractivity contribution < 1.29 is 14.3 Å². The number of allylic oxidation sites excluding steroid dienone is 1. The maximum Gasteiger partial charge on any atom is 0.318 e. The average molecular weight is 310 g/mol. The van der Waals surface area contributed by atoms with E-state index < -0.39 is 11.4 Å². The average Bonchev–Trinajstić information content (AvgIpc) is 2.98. The summed E-state index contributed by atoms with van der Waals surface area (Å²) in [6.45, 7) is 3.45. The number of halogens is 1. The van der Waals surface area contributed by atoms with Crippen molar-refractivity contribution in [1.82, 2.24) is 0 Å². The molecule has 1 aliphatic rings. The molecule has 2 nitrogen and oxygen atoms in total. The molecule has 3 rings (SSSR count). The van der Waals surface area contributed by atoms with E-state index >= 15 is 0 Å². The fourth-order valence-electron chi connectivity index (χ4n) is 3.43. The van der Waals surface area contributed by atoms with E-state index in [0.29, 0.717) is 24.0 Å². The minimum Gasteiger partial charge on any atom is -0.480 e. The van der Waals surface area contributed by atoms with Gasteiger partial charge in [0.1, 0.15) is 11.2 Å². The van der Waals surface area contributed by atoms with Gasteiger partial charge in [0.15, 0.2) is 0 Å². The van der Waals surface area contributed by atoms with Gasteiger partial charge in [0, 0.05) is 0 Å². The predicted molar refractivity (Wildman–Crippen MR) is 88.8 cm³/mol. The zero-order chi connectivity index (χ0) is 16.6. The van der Waals surface area contributed by atoms with Gasteiger partial charge in [0.2, 0.25) is 0 Å². The molecule has 0 heterocycles. The van der Waals surface area contributed by atoms with Gasteiger partial charge in [0.25, 0.3) is 0 Å². The van der Waals surface area contributed by atoms with Gasteiger partial charge < -0.3 is 5.11 Å². The second kappa shape index (κ2) is 5.65. The summed E-state index contributed by atoms with van der Waals surface area (Å²) < 4.78 is 14.1. The molecule has 0 fully saturated rings. The van der Waals surface area contributed by atoms with Crippen LogP contribution in [0, 0.1) is 19.7 Å². The fourth-order valence-corrected chi connectivity index (χ4v) is 3.43. The van der Waals surface area contributed by atoms with Gasteiger partial charge in [-0.25, -0.2) is 4.39 Å². The Labute approximate surface area is 135 Å². The molecule has 0 radical (unpaired) electrons. The number of benzene rings is 2. The normalized spacial score (nSPS) is 20.4. The largest absolute Gasteiger partial charge is 0.480 e. The number of hydrogen-bond donors (Lipinski definition) is 1. The Hall–Kier alpha value is -2.42. The van der Waals surface area contributed by atoms with E-state index in [-0.39, 0.29) is 5.82 Å². The van der Waals surface area contributed by atoms with Crippen molar-refractivity contribution in [3.05, 3.63) is 76.6 Å². The van der Waals surface area contributed by atoms with Crippen LogP contribution in [0.3, 0.4) is 0 Å². The van der Waals surface area contributed by atoms with Crippen LogP contribution in [0.15, 0.2) is 48.5 Å². The highest BCUT2D eigenvalue weighted by molar-refractivity contribution is 5.90. The van der Waals surface area contributed by atoms with Crippen LogP contribution in [0.1, 0.15) is 35.1 Å². The van der Waals surface area contributed by atoms with Crippen molar-refractivity contribution >= 4 is 11.5 Å². The van der Waals surface area contributed by atoms with E-state index in [9.17, 15) is 14.3 Å². The third-order valence-electron chi connectivity index (χ3n) is 4.70. The molecule has 3 heteroatoms. The molecule has 0 aromatic heterocycles. The topological polar surface area (TPSA) is 37.3 Å². The summed E-state index contributed by atoms with van der Waals surface area (Å²) in [5, 5.41) is 9.92. The van der Waals surface area contributed by atoms with Crippen molar-refractivity contribution in [3.8, 4) is 0 Å². The second-order valence-corrected chi connectivity index (χ2v) is 6.23. The molecule has 1 unspecified atom stereocenters. The molecule has 0 bridgehead atoms. The van der Waals surface area contributed by atoms with Crippen molar-refractivity contribution in [1.29, 1.82) is 0 Å². The maximum atomic E-state index is 14.1. The maximum absolute atomic E-state index is 14.1. The van der Waals surface area contributed by atoms with Crippen molar-refractivity contribution in [2.24, 2.45) is 0 Å². The summed E-state index contributed by atoms with van der Waals surface area (Å²) in [5.41, 5.74) is 2.61. The lowest BCUT2D eigenvalue weighted by Gasteiger charge is -2.25. The van der Waals surface area contributed by atoms with Crippen LogP contribution in [-0.2, 0) is 10.2 Å². The number of aliphatic carboxylic acids is 1. The Balaban J connectivity index is 2.17. The Kier molecular flexibility index (Phi) is 3.80. The summed E-state index contributed by atoms with van der Waals surface area (Å²) in [6, 6.07) is 13.0. The van der Waals surface area contributed by atoms with Gasteiger partial charge in [-0.2, -0.15) is 0 Å². The Morgan fingerprint density at radius 2 is 1.87 bits per heavy atom. The molecule has 0 aliphatic heterocycles. The van der Waals surface area contributed by atoms with Crippen LogP contribution in [0.2, 0.25) is 0 Å². The molecular formula is C20H19FO2. The molecule has 1 N–H and O–H groups in total. The fraction of sp³-hybridized carbons (Fsp3) is 0.250. The zero-order valence-electron chi connectivity index (χ0n) is 13.3. The molecule has 0 spiro atoms. The first kappa shape index (κ1) is 15.5. The Morgan fingerprint density at radius 1 is 1.17 bits per heavy atom. The molecular weight excluding hydrogens is 291 g/mol. The van der Waals surface area contributed by atoms with Crippen LogP contribution in [0.5, 0.6) is 0 Å². The molecule has 1 aliphatic carbocycles. The lowest BCUT2D eigenvalue weighted by Crippen LogP contribution is -2.32. The van der Waals surface area contributed by atoms with Gasteiger partial charge in [-0.1, -0.05) is 42.5 Å². The predicted octanol–water partition coefficient (Wildman–Crippen LogP) is 4.64. The van der Waals surface area contributed by atoms with Gasteiger partial charge in [-0.3, -0.25) is 4.79 Å². The minimum absolute atomic E-state index is 0.345. The Bertz CT molecular complexity index is 793. The summed E-state index contributed by atoms with van der Waals surface area (Å²) in [4.78, 5) is 12.1. The molecule has 23 heavy (non-hydrogen) atoms. The van der Waals surface area contributed by atoms with Gasteiger partial charge in [0.05, 0.1) is 0 Å². The lowest BCUT2D eigenvalue weighted by molar-refractivity contribution is -0.141. The Morgan fingerprint density at radius 3 is 2.52 bits per heavy atom. The highest BCUT2D eigenvalue weighted by Gasteiger charge is 2.43. The zero-order valence-corrected chi connectivity index (χ0v) is 13.3. The van der Waals surface area contributed by atoms with E-state index in [1.54, 1.807) is 19.9 Å². The van der Waals surface area contributed by atoms with Crippen LogP contribution >= 0.6 is 0 Å². The van der Waals surface area contributed by atoms with Gasteiger partial charge in [-0.05, 0) is 60.6 Å². The molecule has 2 aromatic carbocycles. The van der Waals surface area contributed by atoms with Gasteiger partial charge >= 0.3 is 5.97 Å². The summed E-state index contributed by atoms with van der Waals surface area (Å²) >= 11 is 0. The first-order valence-electron chi connectivity index (χ1n) is 7.72. The molecule has 0 saturated carbocycles. The minimum atomic E-state index is -1.15. The number of hydrogen-bond acceptors (Lipinski definition) is 1. The highest BCUT2D eigenvalue weighted by atomic mass is 19.1. The van der Waals surface area contributed by atoms with Crippen LogP contribution in [-0.4, -0.2) is 11.1 Å². The lowest BCUT2D eigenvalue weighted by atomic mass is 9.77. The monoisotopic (exact) mass is 310 g/mol. The van der Waals surface area contributed by atoms with E-state index in [1.165, 1.54) is 6.07 Å². The molecule has 118 valence electrons. The number of carboxylic acid groups (broad SMARTS) is 1. The second-order valence-electron chi connectivity index (χ2n) is 6.23. The number of rotatable bonds is 3. The van der Waals surface area contributed by atoms with Crippen molar-refractivity contribution in [2.45, 2.75) is 32.1 Å². The quantitative estimate of drug-likeness (QED) is 0.896. The first-order valence-corrected chi connectivity index (χ1v) is 7.72. The van der Waals surface area contributed by atoms with E-state index in [4.69, 9.17) is 0 Å². The highest BCUT2D eigenvalue weighted by Crippen LogP contribution is 2.44. The van der Waals surface area contributed by atoms with E-state index in [0.717, 1.165) is 16.7 Å². The number of carbonyl (C=O) groups is 1. The molecule has 2 aromatic rings. The third kappa shape index (κ3) is 2.56. The van der Waals surface area contributed by atoms with Crippen LogP contribution in [0.4, 0.5) is 4.39 Å². The van der Waals surface area contributed by atoms with E-state index in [2.05, 4.69) is 0 Å². The molecule has 0 saturated heterocycles. The standard InChI is InChI=1S/C20H19FO2/c1-13-10-17(14(2)18(21)11-13)20(19(22)23)9-8-16(12-20)15-6-4-3-5-7-15/h3-7,10-12H,8-9H2,1-2H3,(H,22,23). The van der Waals surface area contributed by atoms with Gasteiger partial charge in [-0.15, -0.1) is 0 Å². The number of aryl methyl sites for hydroxylation is 1.